The van der Waals surface area contributed by atoms with E-state index in [-0.39, 0.29) is 17.1 Å². The van der Waals surface area contributed by atoms with Crippen LogP contribution in [-0.2, 0) is 4.79 Å². The maximum absolute atomic E-state index is 13.4. The summed E-state index contributed by atoms with van der Waals surface area (Å²) in [5.74, 6) is -0.352. The Hall–Kier alpha value is -2.46. The molecule has 0 bridgehead atoms. The lowest BCUT2D eigenvalue weighted by molar-refractivity contribution is -0.117. The van der Waals surface area contributed by atoms with Crippen LogP contribution in [0.1, 0.15) is 21.8 Å². The molecule has 1 fully saturated rings. The van der Waals surface area contributed by atoms with Crippen LogP contribution in [0.25, 0.3) is 0 Å². The summed E-state index contributed by atoms with van der Waals surface area (Å²) in [5, 5.41) is 3.67. The Morgan fingerprint density at radius 1 is 1.00 bits per heavy atom. The van der Waals surface area contributed by atoms with Crippen molar-refractivity contribution in [1.82, 2.24) is 0 Å². The molecule has 1 aliphatic rings. The number of hydrogen-bond acceptors (Lipinski definition) is 2. The Labute approximate surface area is 232 Å². The Bertz CT molecular complexity index is 1370. The maximum Gasteiger partial charge on any atom is 0.260 e. The van der Waals surface area contributed by atoms with E-state index in [2.05, 4.69) is 11.2 Å². The molecule has 4 rings (SSSR count). The molecule has 0 unspecified atom stereocenters. The van der Waals surface area contributed by atoms with Crippen LogP contribution in [0.2, 0.25) is 15.1 Å². The molecule has 1 N–H and O–H groups in total. The molecule has 3 aromatic carbocycles. The number of terminal acetylenes is 1. The van der Waals surface area contributed by atoms with Crippen molar-refractivity contribution >= 4 is 81.2 Å². The number of amides is 2. The molecule has 184 valence electrons. The molecule has 10 heteroatoms. The highest BCUT2D eigenvalue weighted by Gasteiger charge is 2.67. The number of carbonyl (C=O) groups excluding carboxylic acids is 2. The first-order valence-corrected chi connectivity index (χ1v) is 12.4. The van der Waals surface area contributed by atoms with Crippen LogP contribution in [0.3, 0.4) is 0 Å². The fourth-order valence-corrected chi connectivity index (χ4v) is 5.52. The van der Waals surface area contributed by atoms with Gasteiger partial charge in [-0.05, 0) is 66.2 Å². The normalized spacial score (nSPS) is 17.7. The highest BCUT2D eigenvalue weighted by molar-refractivity contribution is 6.53. The van der Waals surface area contributed by atoms with Crippen molar-refractivity contribution < 1.29 is 14.0 Å². The largest absolute Gasteiger partial charge is 0.326 e. The Morgan fingerprint density at radius 3 is 2.25 bits per heavy atom. The number of rotatable bonds is 6. The molecule has 0 aromatic heterocycles. The zero-order valence-corrected chi connectivity index (χ0v) is 22.0. The third-order valence-electron chi connectivity index (χ3n) is 5.68. The van der Waals surface area contributed by atoms with Crippen molar-refractivity contribution in [1.29, 1.82) is 0 Å². The van der Waals surface area contributed by atoms with Gasteiger partial charge >= 0.3 is 0 Å². The molecular weight excluding hydrogens is 569 g/mol. The van der Waals surface area contributed by atoms with Crippen molar-refractivity contribution in [3.63, 3.8) is 0 Å². The first-order chi connectivity index (χ1) is 17.0. The molecule has 3 aromatic rings. The van der Waals surface area contributed by atoms with E-state index in [1.54, 1.807) is 18.2 Å². The SMILES string of the molecule is C#CCN(C(=O)c1cc(NC(=O)[C@@H]2[C@@H](c3cc(Cl)cc(Cl)c3)C2(Cl)Cl)ccc1Cl)c1ccc(F)cc1. The van der Waals surface area contributed by atoms with E-state index in [1.807, 2.05) is 0 Å². The van der Waals surface area contributed by atoms with Crippen molar-refractivity contribution in [2.24, 2.45) is 5.92 Å². The third kappa shape index (κ3) is 5.44. The van der Waals surface area contributed by atoms with E-state index >= 15 is 0 Å². The maximum atomic E-state index is 13.4. The number of hydrogen-bond donors (Lipinski definition) is 1. The minimum atomic E-state index is -1.37. The van der Waals surface area contributed by atoms with Crippen LogP contribution < -0.4 is 10.2 Å². The topological polar surface area (TPSA) is 49.4 Å². The standard InChI is InChI=1S/C26H16Cl5FN2O2/c1-2-9-34(19-6-3-17(32)4-7-19)25(36)20-13-18(5-8-21(20)29)33-24(35)23-22(26(23,30)31)14-10-15(27)12-16(28)11-14/h1,3-8,10-13,22-23H,9H2,(H,33,35)/t22-,23+/m1/s1. The zero-order chi connectivity index (χ0) is 26.2. The highest BCUT2D eigenvalue weighted by atomic mass is 35.5. The van der Waals surface area contributed by atoms with Crippen molar-refractivity contribution in [2.75, 3.05) is 16.8 Å². The molecule has 2 atom stereocenters. The molecular formula is C26H16Cl5FN2O2. The van der Waals surface area contributed by atoms with E-state index in [0.717, 1.165) is 0 Å². The van der Waals surface area contributed by atoms with Crippen LogP contribution in [0.5, 0.6) is 0 Å². The number of halogens is 6. The lowest BCUT2D eigenvalue weighted by atomic mass is 10.1. The monoisotopic (exact) mass is 582 g/mol. The van der Waals surface area contributed by atoms with Crippen LogP contribution in [0.15, 0.2) is 60.7 Å². The average molecular weight is 585 g/mol. The van der Waals surface area contributed by atoms with Crippen molar-refractivity contribution in [3.05, 3.63) is 92.7 Å². The molecule has 0 aliphatic heterocycles. The van der Waals surface area contributed by atoms with Gasteiger partial charge in [-0.1, -0.05) is 40.7 Å². The third-order valence-corrected chi connectivity index (χ3v) is 7.38. The fourth-order valence-electron chi connectivity index (χ4n) is 3.95. The summed E-state index contributed by atoms with van der Waals surface area (Å²) in [4.78, 5) is 27.6. The number of nitrogens with one attached hydrogen (secondary N) is 1. The quantitative estimate of drug-likeness (QED) is 0.240. The van der Waals surface area contributed by atoms with Gasteiger partial charge in [-0.25, -0.2) is 4.39 Å². The number of alkyl halides is 2. The van der Waals surface area contributed by atoms with Gasteiger partial charge in [-0.15, -0.1) is 29.6 Å². The molecule has 0 saturated heterocycles. The molecule has 1 aliphatic carbocycles. The molecule has 4 nitrogen and oxygen atoms in total. The van der Waals surface area contributed by atoms with E-state index < -0.39 is 33.8 Å². The summed E-state index contributed by atoms with van der Waals surface area (Å²) in [7, 11) is 0. The van der Waals surface area contributed by atoms with Crippen LogP contribution >= 0.6 is 58.0 Å². The minimum Gasteiger partial charge on any atom is -0.326 e. The lowest BCUT2D eigenvalue weighted by Crippen LogP contribution is -2.31. The number of carbonyl (C=O) groups is 2. The number of nitrogens with zero attached hydrogens (tertiary/aromatic N) is 1. The summed E-state index contributed by atoms with van der Waals surface area (Å²) < 4.78 is 12.0. The van der Waals surface area contributed by atoms with Gasteiger partial charge < -0.3 is 5.32 Å². The van der Waals surface area contributed by atoms with Gasteiger partial charge in [0.25, 0.3) is 5.91 Å². The second-order valence-corrected chi connectivity index (χ2v) is 10.8. The highest BCUT2D eigenvalue weighted by Crippen LogP contribution is 2.65. The smallest absolute Gasteiger partial charge is 0.260 e. The van der Waals surface area contributed by atoms with E-state index in [4.69, 9.17) is 64.4 Å². The fraction of sp³-hybridized carbons (Fsp3) is 0.154. The first kappa shape index (κ1) is 26.6. The van der Waals surface area contributed by atoms with E-state index in [0.29, 0.717) is 27.0 Å². The summed E-state index contributed by atoms with van der Waals surface area (Å²) in [6.07, 6.45) is 5.44. The van der Waals surface area contributed by atoms with Crippen LogP contribution in [0, 0.1) is 24.1 Å². The Balaban J connectivity index is 1.57. The molecule has 0 radical (unpaired) electrons. The predicted octanol–water partition coefficient (Wildman–Crippen LogP) is 7.59. The van der Waals surface area contributed by atoms with Gasteiger partial charge in [0.05, 0.1) is 23.0 Å². The summed E-state index contributed by atoms with van der Waals surface area (Å²) in [5.41, 5.74) is 1.41. The van der Waals surface area contributed by atoms with Crippen LogP contribution in [0.4, 0.5) is 15.8 Å². The zero-order valence-electron chi connectivity index (χ0n) is 18.2. The van der Waals surface area contributed by atoms with Crippen molar-refractivity contribution in [2.45, 2.75) is 10.3 Å². The summed E-state index contributed by atoms with van der Waals surface area (Å²) >= 11 is 31.3. The second-order valence-electron chi connectivity index (χ2n) is 8.09. The molecule has 1 saturated carbocycles. The van der Waals surface area contributed by atoms with Gasteiger partial charge in [0.2, 0.25) is 5.91 Å². The van der Waals surface area contributed by atoms with Gasteiger partial charge in [-0.2, -0.15) is 0 Å². The number of benzene rings is 3. The Kier molecular flexibility index (Phi) is 7.75. The second kappa shape index (κ2) is 10.5. The summed E-state index contributed by atoms with van der Waals surface area (Å²) in [6.45, 7) is -0.0790. The minimum absolute atomic E-state index is 0.0790. The molecule has 0 spiro atoms. The van der Waals surface area contributed by atoms with Gasteiger partial charge in [0, 0.05) is 27.3 Å². The molecule has 2 amide bonds. The van der Waals surface area contributed by atoms with Gasteiger partial charge in [-0.3, -0.25) is 14.5 Å². The lowest BCUT2D eigenvalue weighted by Gasteiger charge is -2.21. The summed E-state index contributed by atoms with van der Waals surface area (Å²) in [6, 6.07) is 14.6. The number of anilines is 2. The van der Waals surface area contributed by atoms with Gasteiger partial charge in [0.15, 0.2) is 0 Å². The van der Waals surface area contributed by atoms with Gasteiger partial charge in [0.1, 0.15) is 10.2 Å². The Morgan fingerprint density at radius 2 is 1.64 bits per heavy atom. The molecule has 0 heterocycles. The van der Waals surface area contributed by atoms with E-state index in [9.17, 15) is 14.0 Å². The average Bonchev–Trinajstić information content (AvgIpc) is 3.40. The predicted molar refractivity (Wildman–Crippen MR) is 144 cm³/mol. The first-order valence-electron chi connectivity index (χ1n) is 10.5. The molecule has 36 heavy (non-hydrogen) atoms. The van der Waals surface area contributed by atoms with Crippen molar-refractivity contribution in [3.8, 4) is 12.3 Å². The van der Waals surface area contributed by atoms with E-state index in [1.165, 1.54) is 47.4 Å². The van der Waals surface area contributed by atoms with Crippen LogP contribution in [-0.4, -0.2) is 22.7 Å².